The van der Waals surface area contributed by atoms with Gasteiger partial charge in [-0.2, -0.15) is 0 Å². The number of halogens is 2. The zero-order valence-electron chi connectivity index (χ0n) is 14.0. The van der Waals surface area contributed by atoms with Crippen LogP contribution in [0, 0.1) is 29.6 Å². The SMILES string of the molecule is CC1CCC(C2CCC(C3CCC(N)CC3)CC2)C(F)C1Cl. The monoisotopic (exact) mass is 329 g/mol. The minimum absolute atomic E-state index is 0.236. The molecule has 0 spiro atoms. The molecule has 3 saturated carbocycles. The van der Waals surface area contributed by atoms with E-state index in [1.54, 1.807) is 0 Å². The van der Waals surface area contributed by atoms with Crippen molar-refractivity contribution in [3.8, 4) is 0 Å². The lowest BCUT2D eigenvalue weighted by molar-refractivity contribution is 0.0548. The maximum Gasteiger partial charge on any atom is 0.120 e. The highest BCUT2D eigenvalue weighted by Crippen LogP contribution is 2.46. The molecule has 0 radical (unpaired) electrons. The molecule has 3 aliphatic rings. The van der Waals surface area contributed by atoms with E-state index in [1.807, 2.05) is 0 Å². The summed E-state index contributed by atoms with van der Waals surface area (Å²) in [6.45, 7) is 2.10. The molecule has 3 heteroatoms. The lowest BCUT2D eigenvalue weighted by Crippen LogP contribution is -2.41. The molecule has 0 aromatic heterocycles. The van der Waals surface area contributed by atoms with Crippen LogP contribution in [0.2, 0.25) is 0 Å². The van der Waals surface area contributed by atoms with E-state index < -0.39 is 6.17 Å². The fourth-order valence-electron chi connectivity index (χ4n) is 5.48. The maximum absolute atomic E-state index is 14.6. The zero-order valence-corrected chi connectivity index (χ0v) is 14.8. The van der Waals surface area contributed by atoms with Crippen molar-refractivity contribution in [3.05, 3.63) is 0 Å². The van der Waals surface area contributed by atoms with E-state index in [9.17, 15) is 4.39 Å². The van der Waals surface area contributed by atoms with Gasteiger partial charge in [-0.05, 0) is 93.8 Å². The van der Waals surface area contributed by atoms with E-state index in [4.69, 9.17) is 17.3 Å². The second-order valence-corrected chi connectivity index (χ2v) is 8.96. The molecule has 22 heavy (non-hydrogen) atoms. The molecule has 0 aromatic rings. The van der Waals surface area contributed by atoms with Gasteiger partial charge in [-0.1, -0.05) is 6.92 Å². The van der Waals surface area contributed by atoms with E-state index in [0.717, 1.165) is 24.7 Å². The Morgan fingerprint density at radius 2 is 1.27 bits per heavy atom. The molecule has 0 aliphatic heterocycles. The number of nitrogens with two attached hydrogens (primary N) is 1. The highest BCUT2D eigenvalue weighted by atomic mass is 35.5. The van der Waals surface area contributed by atoms with Crippen LogP contribution in [0.25, 0.3) is 0 Å². The lowest BCUT2D eigenvalue weighted by atomic mass is 9.65. The van der Waals surface area contributed by atoms with Gasteiger partial charge < -0.3 is 5.73 Å². The molecule has 0 aromatic carbocycles. The van der Waals surface area contributed by atoms with E-state index in [-0.39, 0.29) is 11.3 Å². The number of alkyl halides is 2. The first-order chi connectivity index (χ1) is 10.6. The third-order valence-electron chi connectivity index (χ3n) is 7.12. The average Bonchev–Trinajstić information content (AvgIpc) is 2.54. The maximum atomic E-state index is 14.6. The largest absolute Gasteiger partial charge is 0.328 e. The van der Waals surface area contributed by atoms with Crippen molar-refractivity contribution in [2.45, 2.75) is 88.7 Å². The molecule has 0 saturated heterocycles. The first-order valence-corrected chi connectivity index (χ1v) is 10.0. The van der Waals surface area contributed by atoms with Gasteiger partial charge in [-0.15, -0.1) is 11.6 Å². The van der Waals surface area contributed by atoms with Crippen LogP contribution in [-0.4, -0.2) is 17.6 Å². The van der Waals surface area contributed by atoms with Crippen molar-refractivity contribution in [1.82, 2.24) is 0 Å². The van der Waals surface area contributed by atoms with Gasteiger partial charge in [0.15, 0.2) is 0 Å². The molecule has 0 heterocycles. The molecule has 3 fully saturated rings. The van der Waals surface area contributed by atoms with Crippen LogP contribution in [0.4, 0.5) is 4.39 Å². The molecule has 2 N–H and O–H groups in total. The van der Waals surface area contributed by atoms with Gasteiger partial charge in [-0.25, -0.2) is 4.39 Å². The first kappa shape index (κ1) is 17.0. The van der Waals surface area contributed by atoms with Crippen molar-refractivity contribution >= 4 is 11.6 Å². The van der Waals surface area contributed by atoms with Crippen LogP contribution in [0.5, 0.6) is 0 Å². The van der Waals surface area contributed by atoms with E-state index >= 15 is 0 Å². The number of hydrogen-bond acceptors (Lipinski definition) is 1. The molecule has 4 unspecified atom stereocenters. The van der Waals surface area contributed by atoms with Crippen molar-refractivity contribution in [3.63, 3.8) is 0 Å². The van der Waals surface area contributed by atoms with Crippen molar-refractivity contribution in [1.29, 1.82) is 0 Å². The fraction of sp³-hybridized carbons (Fsp3) is 1.00. The minimum atomic E-state index is -0.778. The molecule has 4 atom stereocenters. The Labute approximate surface area is 140 Å². The van der Waals surface area contributed by atoms with Crippen LogP contribution in [0.15, 0.2) is 0 Å². The van der Waals surface area contributed by atoms with Gasteiger partial charge in [0.25, 0.3) is 0 Å². The molecular formula is C19H33ClFN. The molecule has 0 amide bonds. The van der Waals surface area contributed by atoms with Gasteiger partial charge in [0.2, 0.25) is 0 Å². The van der Waals surface area contributed by atoms with Gasteiger partial charge in [0, 0.05) is 6.04 Å². The third-order valence-corrected chi connectivity index (χ3v) is 7.79. The highest BCUT2D eigenvalue weighted by molar-refractivity contribution is 6.21. The second kappa shape index (κ2) is 7.38. The quantitative estimate of drug-likeness (QED) is 0.683. The molecule has 3 rings (SSSR count). The van der Waals surface area contributed by atoms with Gasteiger partial charge in [0.05, 0.1) is 5.38 Å². The van der Waals surface area contributed by atoms with Crippen LogP contribution >= 0.6 is 11.6 Å². The molecule has 3 aliphatic carbocycles. The van der Waals surface area contributed by atoms with Crippen molar-refractivity contribution in [2.24, 2.45) is 35.3 Å². The minimum Gasteiger partial charge on any atom is -0.328 e. The Balaban J connectivity index is 1.49. The Morgan fingerprint density at radius 3 is 1.86 bits per heavy atom. The summed E-state index contributed by atoms with van der Waals surface area (Å²) in [4.78, 5) is 0. The summed E-state index contributed by atoms with van der Waals surface area (Å²) in [7, 11) is 0. The van der Waals surface area contributed by atoms with E-state index in [1.165, 1.54) is 51.4 Å². The second-order valence-electron chi connectivity index (χ2n) is 8.46. The van der Waals surface area contributed by atoms with Gasteiger partial charge in [-0.3, -0.25) is 0 Å². The van der Waals surface area contributed by atoms with Crippen LogP contribution in [-0.2, 0) is 0 Å². The number of hydrogen-bond donors (Lipinski definition) is 1. The van der Waals surface area contributed by atoms with Crippen LogP contribution in [0.1, 0.15) is 71.1 Å². The van der Waals surface area contributed by atoms with Crippen molar-refractivity contribution in [2.75, 3.05) is 0 Å². The first-order valence-electron chi connectivity index (χ1n) is 9.60. The van der Waals surface area contributed by atoms with Crippen LogP contribution in [0.3, 0.4) is 0 Å². The summed E-state index contributed by atoms with van der Waals surface area (Å²) in [5.41, 5.74) is 6.03. The van der Waals surface area contributed by atoms with E-state index in [0.29, 0.717) is 17.9 Å². The fourth-order valence-corrected chi connectivity index (χ4v) is 5.79. The predicted octanol–water partition coefficient (Wildman–Crippen LogP) is 5.30. The average molecular weight is 330 g/mol. The van der Waals surface area contributed by atoms with Crippen molar-refractivity contribution < 1.29 is 4.39 Å². The van der Waals surface area contributed by atoms with E-state index in [2.05, 4.69) is 6.92 Å². The van der Waals surface area contributed by atoms with Gasteiger partial charge >= 0.3 is 0 Å². The Morgan fingerprint density at radius 1 is 0.773 bits per heavy atom. The normalized spacial score (nSPS) is 50.7. The predicted molar refractivity (Wildman–Crippen MR) is 91.8 cm³/mol. The standard InChI is InChI=1S/C19H33ClFN/c1-12-2-11-17(19(21)18(12)20)15-5-3-13(4-6-15)14-7-9-16(22)10-8-14/h12-19H,2-11,22H2,1H3. The Kier molecular flexibility index (Phi) is 5.71. The summed E-state index contributed by atoms with van der Waals surface area (Å²) in [5.74, 6) is 2.95. The summed E-state index contributed by atoms with van der Waals surface area (Å²) in [5, 5.41) is -0.253. The Hall–Kier alpha value is 0.180. The summed E-state index contributed by atoms with van der Waals surface area (Å²) in [6.07, 6.45) is 11.6. The molecule has 128 valence electrons. The molecule has 0 bridgehead atoms. The smallest absolute Gasteiger partial charge is 0.120 e. The zero-order chi connectivity index (χ0) is 15.7. The number of rotatable bonds is 2. The summed E-state index contributed by atoms with van der Waals surface area (Å²) < 4.78 is 14.6. The third kappa shape index (κ3) is 3.64. The molecular weight excluding hydrogens is 297 g/mol. The molecule has 1 nitrogen and oxygen atoms in total. The topological polar surface area (TPSA) is 26.0 Å². The lowest BCUT2D eigenvalue weighted by Gasteiger charge is -2.43. The van der Waals surface area contributed by atoms with Crippen LogP contribution < -0.4 is 5.73 Å². The summed E-state index contributed by atoms with van der Waals surface area (Å²) in [6, 6.07) is 0.449. The highest BCUT2D eigenvalue weighted by Gasteiger charge is 2.42. The summed E-state index contributed by atoms with van der Waals surface area (Å²) >= 11 is 6.31. The van der Waals surface area contributed by atoms with Gasteiger partial charge in [0.1, 0.15) is 6.17 Å². The Bertz CT molecular complexity index is 347.